The zero-order valence-corrected chi connectivity index (χ0v) is 16.4. The second kappa shape index (κ2) is 9.43. The number of hydrogen-bond donors (Lipinski definition) is 1. The summed E-state index contributed by atoms with van der Waals surface area (Å²) in [7, 11) is 1.35. The molecule has 0 bridgehead atoms. The Morgan fingerprint density at radius 3 is 2.71 bits per heavy atom. The molecule has 9 heteroatoms. The normalized spacial score (nSPS) is 10.8. The third kappa shape index (κ3) is 4.93. The highest BCUT2D eigenvalue weighted by molar-refractivity contribution is 7.98. The number of nitrogens with zero attached hydrogens (tertiary/aromatic N) is 4. The third-order valence-electron chi connectivity index (χ3n) is 4.06. The third-order valence-corrected chi connectivity index (χ3v) is 4.72. The average Bonchev–Trinajstić information content (AvgIpc) is 3.11. The summed E-state index contributed by atoms with van der Waals surface area (Å²) in [6.07, 6.45) is 3.51. The highest BCUT2D eigenvalue weighted by atomic mass is 32.2. The Morgan fingerprint density at radius 2 is 2.00 bits per heavy atom. The molecule has 0 aliphatic heterocycles. The number of pyridine rings is 1. The maximum absolute atomic E-state index is 13.1. The molecule has 0 radical (unpaired) electrons. The maximum Gasteiger partial charge on any atom is 0.337 e. The van der Waals surface area contributed by atoms with E-state index in [1.54, 1.807) is 30.5 Å². The first-order valence-corrected chi connectivity index (χ1v) is 9.77. The molecular formula is C19H20FN5O2S. The lowest BCUT2D eigenvalue weighted by Crippen LogP contribution is -2.18. The molecule has 0 aliphatic carbocycles. The van der Waals surface area contributed by atoms with Gasteiger partial charge >= 0.3 is 5.97 Å². The van der Waals surface area contributed by atoms with Crippen LogP contribution in [0.1, 0.15) is 27.4 Å². The van der Waals surface area contributed by atoms with Crippen molar-refractivity contribution in [2.24, 2.45) is 0 Å². The van der Waals surface area contributed by atoms with Crippen LogP contribution in [0.4, 0.5) is 4.39 Å². The van der Waals surface area contributed by atoms with Crippen LogP contribution in [0.5, 0.6) is 0 Å². The van der Waals surface area contributed by atoms with E-state index in [4.69, 9.17) is 4.74 Å². The first-order valence-electron chi connectivity index (χ1n) is 8.55. The minimum Gasteiger partial charge on any atom is -0.465 e. The van der Waals surface area contributed by atoms with Gasteiger partial charge in [0.25, 0.3) is 0 Å². The van der Waals surface area contributed by atoms with Gasteiger partial charge in [0.15, 0.2) is 5.16 Å². The fourth-order valence-electron chi connectivity index (χ4n) is 2.65. The van der Waals surface area contributed by atoms with Crippen molar-refractivity contribution >= 4 is 17.7 Å². The molecule has 146 valence electrons. The molecule has 1 N–H and O–H groups in total. The quantitative estimate of drug-likeness (QED) is 0.459. The van der Waals surface area contributed by atoms with Crippen LogP contribution in [0.15, 0.2) is 47.8 Å². The van der Waals surface area contributed by atoms with Crippen LogP contribution in [-0.2, 0) is 24.4 Å². The number of nitrogens with one attached hydrogen (secondary N) is 1. The average molecular weight is 401 g/mol. The van der Waals surface area contributed by atoms with Crippen LogP contribution in [0.3, 0.4) is 0 Å². The summed E-state index contributed by atoms with van der Waals surface area (Å²) in [6.45, 7) is 1.48. The molecule has 28 heavy (non-hydrogen) atoms. The van der Waals surface area contributed by atoms with Crippen molar-refractivity contribution < 1.29 is 13.9 Å². The van der Waals surface area contributed by atoms with Crippen molar-refractivity contribution in [2.75, 3.05) is 13.4 Å². The highest BCUT2D eigenvalue weighted by Gasteiger charge is 2.12. The van der Waals surface area contributed by atoms with E-state index >= 15 is 0 Å². The molecule has 0 unspecified atom stereocenters. The molecule has 0 spiro atoms. The zero-order chi connectivity index (χ0) is 19.9. The van der Waals surface area contributed by atoms with Gasteiger partial charge in [-0.25, -0.2) is 9.18 Å². The predicted octanol–water partition coefficient (Wildman–Crippen LogP) is 2.66. The Morgan fingerprint density at radius 1 is 1.21 bits per heavy atom. The smallest absolute Gasteiger partial charge is 0.337 e. The Balaban J connectivity index is 1.67. The van der Waals surface area contributed by atoms with E-state index in [0.717, 1.165) is 22.2 Å². The van der Waals surface area contributed by atoms with Gasteiger partial charge in [-0.05, 0) is 36.1 Å². The fourth-order valence-corrected chi connectivity index (χ4v) is 3.17. The van der Waals surface area contributed by atoms with Crippen molar-refractivity contribution in [3.8, 4) is 0 Å². The van der Waals surface area contributed by atoms with Crippen LogP contribution in [0, 0.1) is 5.82 Å². The van der Waals surface area contributed by atoms with Crippen LogP contribution in [-0.4, -0.2) is 39.1 Å². The number of halogens is 1. The van der Waals surface area contributed by atoms with E-state index in [-0.39, 0.29) is 5.82 Å². The summed E-state index contributed by atoms with van der Waals surface area (Å²) in [5.41, 5.74) is 2.14. The number of methoxy groups -OCH3 is 1. The monoisotopic (exact) mass is 401 g/mol. The molecule has 0 amide bonds. The van der Waals surface area contributed by atoms with Gasteiger partial charge in [0, 0.05) is 12.7 Å². The number of benzene rings is 1. The number of carbonyl (C=O) groups is 1. The zero-order valence-electron chi connectivity index (χ0n) is 15.6. The van der Waals surface area contributed by atoms with Gasteiger partial charge in [0.05, 0.1) is 31.5 Å². The van der Waals surface area contributed by atoms with Crippen LogP contribution >= 0.6 is 11.8 Å². The van der Waals surface area contributed by atoms with Gasteiger partial charge in [-0.2, -0.15) is 0 Å². The topological polar surface area (TPSA) is 81.9 Å². The van der Waals surface area contributed by atoms with Gasteiger partial charge in [0.2, 0.25) is 0 Å². The first-order chi connectivity index (χ1) is 13.6. The summed E-state index contributed by atoms with van der Waals surface area (Å²) in [6, 6.07) is 9.68. The lowest BCUT2D eigenvalue weighted by molar-refractivity contribution is 0.0600. The van der Waals surface area contributed by atoms with E-state index in [0.29, 0.717) is 25.2 Å². The molecule has 2 heterocycles. The van der Waals surface area contributed by atoms with E-state index < -0.39 is 5.97 Å². The van der Waals surface area contributed by atoms with Crippen molar-refractivity contribution in [3.63, 3.8) is 0 Å². The molecule has 0 fully saturated rings. The molecule has 3 aromatic rings. The van der Waals surface area contributed by atoms with E-state index in [9.17, 15) is 9.18 Å². The molecule has 0 aliphatic rings. The number of carbonyl (C=O) groups excluding carboxylic acids is 1. The largest absolute Gasteiger partial charge is 0.465 e. The van der Waals surface area contributed by atoms with E-state index in [1.807, 2.05) is 10.8 Å². The number of rotatable bonds is 8. The fraction of sp³-hybridized carbons (Fsp3) is 0.263. The molecule has 0 saturated carbocycles. The van der Waals surface area contributed by atoms with Crippen molar-refractivity contribution in [1.82, 2.24) is 25.1 Å². The van der Waals surface area contributed by atoms with Crippen molar-refractivity contribution in [2.45, 2.75) is 24.8 Å². The second-order valence-electron chi connectivity index (χ2n) is 5.95. The number of aromatic nitrogens is 4. The number of thioether (sulfide) groups is 1. The summed E-state index contributed by atoms with van der Waals surface area (Å²) < 4.78 is 19.9. The van der Waals surface area contributed by atoms with Crippen LogP contribution in [0.25, 0.3) is 0 Å². The molecule has 3 rings (SSSR count). The lowest BCUT2D eigenvalue weighted by atomic mass is 10.2. The SMILES string of the molecule is COC(=O)c1ccnc(CNCc2nnc(SC)n2Cc2ccc(F)cc2)c1. The summed E-state index contributed by atoms with van der Waals surface area (Å²) >= 11 is 1.50. The Bertz CT molecular complexity index is 946. The molecular weight excluding hydrogens is 381 g/mol. The van der Waals surface area contributed by atoms with Gasteiger partial charge in [0.1, 0.15) is 11.6 Å². The van der Waals surface area contributed by atoms with Crippen molar-refractivity contribution in [1.29, 1.82) is 0 Å². The number of ether oxygens (including phenoxy) is 1. The number of hydrogen-bond acceptors (Lipinski definition) is 7. The van der Waals surface area contributed by atoms with Gasteiger partial charge in [-0.15, -0.1) is 10.2 Å². The highest BCUT2D eigenvalue weighted by Crippen LogP contribution is 2.16. The van der Waals surface area contributed by atoms with Gasteiger partial charge < -0.3 is 14.6 Å². The minimum absolute atomic E-state index is 0.263. The van der Waals surface area contributed by atoms with E-state index in [1.165, 1.54) is 31.0 Å². The predicted molar refractivity (Wildman–Crippen MR) is 103 cm³/mol. The van der Waals surface area contributed by atoms with E-state index in [2.05, 4.69) is 20.5 Å². The second-order valence-corrected chi connectivity index (χ2v) is 6.72. The first kappa shape index (κ1) is 20.0. The van der Waals surface area contributed by atoms with Crippen LogP contribution in [0.2, 0.25) is 0 Å². The van der Waals surface area contributed by atoms with Gasteiger partial charge in [-0.1, -0.05) is 23.9 Å². The summed E-state index contributed by atoms with van der Waals surface area (Å²) in [4.78, 5) is 15.9. The molecule has 2 aromatic heterocycles. The summed E-state index contributed by atoms with van der Waals surface area (Å²) in [5.74, 6) is 0.103. The molecule has 0 saturated heterocycles. The Kier molecular flexibility index (Phi) is 6.72. The van der Waals surface area contributed by atoms with Crippen molar-refractivity contribution in [3.05, 3.63) is 71.1 Å². The maximum atomic E-state index is 13.1. The molecule has 7 nitrogen and oxygen atoms in total. The summed E-state index contributed by atoms with van der Waals surface area (Å²) in [5, 5.41) is 12.5. The molecule has 0 atom stereocenters. The van der Waals surface area contributed by atoms with Gasteiger partial charge in [-0.3, -0.25) is 4.98 Å². The van der Waals surface area contributed by atoms with Crippen LogP contribution < -0.4 is 5.32 Å². The molecule has 1 aromatic carbocycles. The Labute approximate surface area is 166 Å². The number of esters is 1. The lowest BCUT2D eigenvalue weighted by Gasteiger charge is -2.10. The minimum atomic E-state index is -0.396. The standard InChI is InChI=1S/C19H20FN5O2S/c1-27-18(26)14-7-8-22-16(9-14)10-21-11-17-23-24-19(28-2)25(17)12-13-3-5-15(20)6-4-13/h3-9,21H,10-12H2,1-2H3. The Hall–Kier alpha value is -2.78.